The topological polar surface area (TPSA) is 29.3 Å². The van der Waals surface area contributed by atoms with Crippen LogP contribution in [0.2, 0.25) is 0 Å². The lowest BCUT2D eigenvalue weighted by atomic mass is 10.0. The van der Waals surface area contributed by atoms with Crippen molar-refractivity contribution in [2.24, 2.45) is 0 Å². The van der Waals surface area contributed by atoms with Gasteiger partial charge in [-0.1, -0.05) is 109 Å². The maximum atomic E-state index is 6.74. The molecular formula is C45H28N2OS. The standard InChI is InChI=1S/C45H28N2OS/c1-2-11-33(12-3-1)47(34-24-20-29(21-25-34)32-23-27-42-38(28-32)36-14-7-9-17-41(36)49-42)40-16-8-6-15-37(40)45-46-39-26-22-31-19-18-30-10-4-5-13-35(30)43(31)44(39)48-45/h1-28H. The van der Waals surface area contributed by atoms with Crippen molar-refractivity contribution in [1.29, 1.82) is 0 Å². The number of rotatable bonds is 5. The highest BCUT2D eigenvalue weighted by atomic mass is 32.1. The van der Waals surface area contributed by atoms with Crippen LogP contribution in [0.3, 0.4) is 0 Å². The van der Waals surface area contributed by atoms with E-state index < -0.39 is 0 Å². The van der Waals surface area contributed by atoms with Crippen molar-refractivity contribution in [3.8, 4) is 22.6 Å². The molecule has 0 saturated carbocycles. The molecular weight excluding hydrogens is 617 g/mol. The molecule has 10 aromatic rings. The Kier molecular flexibility index (Phi) is 6.36. The van der Waals surface area contributed by atoms with Gasteiger partial charge in [-0.25, -0.2) is 4.98 Å². The maximum Gasteiger partial charge on any atom is 0.229 e. The van der Waals surface area contributed by atoms with E-state index in [0.717, 1.165) is 44.5 Å². The molecule has 0 saturated heterocycles. The van der Waals surface area contributed by atoms with Crippen LogP contribution in [-0.4, -0.2) is 4.98 Å². The molecule has 10 rings (SSSR count). The molecule has 0 aliphatic heterocycles. The maximum absolute atomic E-state index is 6.74. The summed E-state index contributed by atoms with van der Waals surface area (Å²) in [6.45, 7) is 0. The van der Waals surface area contributed by atoms with Crippen LogP contribution in [0.4, 0.5) is 17.1 Å². The van der Waals surface area contributed by atoms with Crippen LogP contribution in [0.5, 0.6) is 0 Å². The SMILES string of the molecule is c1ccc(N(c2ccc(-c3ccc4sc5ccccc5c4c3)cc2)c2ccccc2-c2nc3ccc4ccc5ccccc5c4c3o2)cc1. The second-order valence-corrected chi connectivity index (χ2v) is 13.4. The molecule has 230 valence electrons. The molecule has 8 aromatic carbocycles. The fourth-order valence-electron chi connectivity index (χ4n) is 7.15. The Bertz CT molecular complexity index is 2830. The second kappa shape index (κ2) is 11.2. The van der Waals surface area contributed by atoms with Crippen molar-refractivity contribution < 1.29 is 4.42 Å². The zero-order chi connectivity index (χ0) is 32.3. The number of benzene rings is 8. The quantitative estimate of drug-likeness (QED) is 0.175. The monoisotopic (exact) mass is 644 g/mol. The van der Waals surface area contributed by atoms with Crippen molar-refractivity contribution in [2.75, 3.05) is 4.90 Å². The van der Waals surface area contributed by atoms with Gasteiger partial charge < -0.3 is 9.32 Å². The number of aromatic nitrogens is 1. The van der Waals surface area contributed by atoms with Crippen LogP contribution >= 0.6 is 11.3 Å². The number of oxazole rings is 1. The van der Waals surface area contributed by atoms with Crippen molar-refractivity contribution in [2.45, 2.75) is 0 Å². The summed E-state index contributed by atoms with van der Waals surface area (Å²) in [5, 5.41) is 7.20. The van der Waals surface area contributed by atoms with E-state index in [0.29, 0.717) is 5.89 Å². The average Bonchev–Trinajstić information content (AvgIpc) is 3.77. The molecule has 0 N–H and O–H groups in total. The van der Waals surface area contributed by atoms with Gasteiger partial charge in [0, 0.05) is 36.9 Å². The van der Waals surface area contributed by atoms with E-state index in [9.17, 15) is 0 Å². The highest BCUT2D eigenvalue weighted by molar-refractivity contribution is 7.25. The van der Waals surface area contributed by atoms with Crippen LogP contribution in [0, 0.1) is 0 Å². The summed E-state index contributed by atoms with van der Waals surface area (Å²) in [6, 6.07) is 60.2. The Hall–Kier alpha value is -6.23. The van der Waals surface area contributed by atoms with E-state index in [-0.39, 0.29) is 0 Å². The van der Waals surface area contributed by atoms with Crippen molar-refractivity contribution in [1.82, 2.24) is 4.98 Å². The Morgan fingerprint density at radius 1 is 0.490 bits per heavy atom. The number of para-hydroxylation sites is 2. The summed E-state index contributed by atoms with van der Waals surface area (Å²) in [5.41, 5.74) is 8.08. The van der Waals surface area contributed by atoms with E-state index in [1.54, 1.807) is 0 Å². The lowest BCUT2D eigenvalue weighted by Crippen LogP contribution is -2.11. The van der Waals surface area contributed by atoms with Gasteiger partial charge in [0.15, 0.2) is 5.58 Å². The molecule has 3 nitrogen and oxygen atoms in total. The molecule has 0 aliphatic rings. The predicted octanol–water partition coefficient (Wildman–Crippen LogP) is 13.3. The molecule has 49 heavy (non-hydrogen) atoms. The third-order valence-electron chi connectivity index (χ3n) is 9.49. The van der Waals surface area contributed by atoms with Crippen molar-refractivity contribution in [3.63, 3.8) is 0 Å². The lowest BCUT2D eigenvalue weighted by molar-refractivity contribution is 0.623. The first-order chi connectivity index (χ1) is 24.3. The van der Waals surface area contributed by atoms with Gasteiger partial charge in [-0.05, 0) is 87.9 Å². The number of hydrogen-bond acceptors (Lipinski definition) is 4. The second-order valence-electron chi connectivity index (χ2n) is 12.4. The third-order valence-corrected chi connectivity index (χ3v) is 10.6. The van der Waals surface area contributed by atoms with Gasteiger partial charge in [0.1, 0.15) is 5.52 Å². The molecule has 2 heterocycles. The minimum absolute atomic E-state index is 0.597. The van der Waals surface area contributed by atoms with Crippen LogP contribution in [0.25, 0.3) is 75.4 Å². The molecule has 0 atom stereocenters. The molecule has 0 spiro atoms. The minimum atomic E-state index is 0.597. The van der Waals surface area contributed by atoms with E-state index in [1.165, 1.54) is 42.1 Å². The first-order valence-electron chi connectivity index (χ1n) is 16.5. The van der Waals surface area contributed by atoms with Gasteiger partial charge in [-0.3, -0.25) is 0 Å². The Labute approximate surface area is 286 Å². The highest BCUT2D eigenvalue weighted by Crippen LogP contribution is 2.43. The number of nitrogens with zero attached hydrogens (tertiary/aromatic N) is 2. The Morgan fingerprint density at radius 2 is 1.16 bits per heavy atom. The molecule has 0 fully saturated rings. The van der Waals surface area contributed by atoms with E-state index in [1.807, 2.05) is 11.3 Å². The number of anilines is 3. The minimum Gasteiger partial charge on any atom is -0.435 e. The number of hydrogen-bond donors (Lipinski definition) is 0. The van der Waals surface area contributed by atoms with E-state index in [2.05, 4.69) is 175 Å². The summed E-state index contributed by atoms with van der Waals surface area (Å²) in [4.78, 5) is 7.36. The molecule has 4 heteroatoms. The fraction of sp³-hybridized carbons (Fsp3) is 0. The van der Waals surface area contributed by atoms with Gasteiger partial charge in [0.05, 0.1) is 11.3 Å². The molecule has 0 amide bonds. The Morgan fingerprint density at radius 3 is 2.06 bits per heavy atom. The van der Waals surface area contributed by atoms with Crippen molar-refractivity contribution in [3.05, 3.63) is 170 Å². The van der Waals surface area contributed by atoms with Gasteiger partial charge in [0.25, 0.3) is 0 Å². The van der Waals surface area contributed by atoms with Crippen LogP contribution in [-0.2, 0) is 0 Å². The Balaban J connectivity index is 1.10. The normalized spacial score (nSPS) is 11.7. The third kappa shape index (κ3) is 4.61. The smallest absolute Gasteiger partial charge is 0.229 e. The first kappa shape index (κ1) is 27.8. The van der Waals surface area contributed by atoms with Gasteiger partial charge in [-0.2, -0.15) is 0 Å². The summed E-state index contributed by atoms with van der Waals surface area (Å²) in [5.74, 6) is 0.597. The summed E-state index contributed by atoms with van der Waals surface area (Å²) >= 11 is 1.85. The molecule has 0 bridgehead atoms. The molecule has 0 unspecified atom stereocenters. The molecule has 0 radical (unpaired) electrons. The molecule has 0 aliphatic carbocycles. The number of fused-ring (bicyclic) bond motifs is 8. The lowest BCUT2D eigenvalue weighted by Gasteiger charge is -2.27. The van der Waals surface area contributed by atoms with E-state index >= 15 is 0 Å². The van der Waals surface area contributed by atoms with E-state index in [4.69, 9.17) is 9.40 Å². The predicted molar refractivity (Wildman–Crippen MR) is 207 cm³/mol. The van der Waals surface area contributed by atoms with Crippen molar-refractivity contribution >= 4 is 81.2 Å². The van der Waals surface area contributed by atoms with Crippen LogP contribution in [0.1, 0.15) is 0 Å². The first-order valence-corrected chi connectivity index (χ1v) is 17.3. The largest absolute Gasteiger partial charge is 0.435 e. The van der Waals surface area contributed by atoms with Crippen LogP contribution < -0.4 is 4.90 Å². The molecule has 2 aromatic heterocycles. The van der Waals surface area contributed by atoms with Gasteiger partial charge >= 0.3 is 0 Å². The van der Waals surface area contributed by atoms with Gasteiger partial charge in [0.2, 0.25) is 5.89 Å². The zero-order valence-electron chi connectivity index (χ0n) is 26.4. The number of thiophene rings is 1. The van der Waals surface area contributed by atoms with Gasteiger partial charge in [-0.15, -0.1) is 11.3 Å². The fourth-order valence-corrected chi connectivity index (χ4v) is 8.24. The summed E-state index contributed by atoms with van der Waals surface area (Å²) < 4.78 is 9.37. The summed E-state index contributed by atoms with van der Waals surface area (Å²) in [6.07, 6.45) is 0. The highest BCUT2D eigenvalue weighted by Gasteiger charge is 2.21. The van der Waals surface area contributed by atoms with Crippen LogP contribution in [0.15, 0.2) is 174 Å². The zero-order valence-corrected chi connectivity index (χ0v) is 27.2. The summed E-state index contributed by atoms with van der Waals surface area (Å²) in [7, 11) is 0. The average molecular weight is 645 g/mol.